The molecule has 33 heavy (non-hydrogen) atoms. The number of benzene rings is 2. The van der Waals surface area contributed by atoms with E-state index in [-0.39, 0.29) is 17.7 Å². The predicted molar refractivity (Wildman–Crippen MR) is 135 cm³/mol. The Morgan fingerprint density at radius 2 is 1.73 bits per heavy atom. The Hall–Kier alpha value is -3.15. The first-order chi connectivity index (χ1) is 16.0. The third kappa shape index (κ3) is 6.67. The standard InChI is InChI=1S/C27H36N4O2/c1-4-7-9-17-28-26(32)21-13-11-20(12-14-21)25-30-23-16-15-22(18-24(23)31-25)29-27(33)19(6-3)10-8-5-2/h11-16,18-19H,4-10,17H2,1-3H3,(H,28,32)(H,29,33)(H,30,31). The van der Waals surface area contributed by atoms with Gasteiger partial charge in [-0.2, -0.15) is 0 Å². The number of H-pyrrole nitrogens is 1. The molecule has 6 heteroatoms. The largest absolute Gasteiger partial charge is 0.352 e. The van der Waals surface area contributed by atoms with Crippen molar-refractivity contribution in [2.45, 2.75) is 65.7 Å². The maximum atomic E-state index is 12.6. The third-order valence-corrected chi connectivity index (χ3v) is 6.01. The van der Waals surface area contributed by atoms with Crippen LogP contribution in [0.25, 0.3) is 22.4 Å². The number of aromatic amines is 1. The zero-order valence-corrected chi connectivity index (χ0v) is 20.0. The zero-order valence-electron chi connectivity index (χ0n) is 20.0. The van der Waals surface area contributed by atoms with Gasteiger partial charge < -0.3 is 15.6 Å². The summed E-state index contributed by atoms with van der Waals surface area (Å²) >= 11 is 0. The molecule has 0 aliphatic heterocycles. The van der Waals surface area contributed by atoms with Crippen LogP contribution in [-0.2, 0) is 4.79 Å². The minimum Gasteiger partial charge on any atom is -0.352 e. The van der Waals surface area contributed by atoms with E-state index >= 15 is 0 Å². The minimum absolute atomic E-state index is 0.0420. The highest BCUT2D eigenvalue weighted by Gasteiger charge is 2.16. The first-order valence-electron chi connectivity index (χ1n) is 12.2. The van der Waals surface area contributed by atoms with E-state index in [9.17, 15) is 9.59 Å². The summed E-state index contributed by atoms with van der Waals surface area (Å²) in [4.78, 5) is 32.9. The molecule has 0 fully saturated rings. The summed E-state index contributed by atoms with van der Waals surface area (Å²) in [5.74, 6) is 0.804. The van der Waals surface area contributed by atoms with Gasteiger partial charge in [-0.15, -0.1) is 0 Å². The van der Waals surface area contributed by atoms with Crippen molar-refractivity contribution < 1.29 is 9.59 Å². The van der Waals surface area contributed by atoms with Crippen LogP contribution in [0, 0.1) is 5.92 Å². The molecule has 0 aliphatic rings. The van der Waals surface area contributed by atoms with Gasteiger partial charge in [0.25, 0.3) is 5.91 Å². The molecule has 3 aromatic rings. The summed E-state index contributed by atoms with van der Waals surface area (Å²) in [6.45, 7) is 7.05. The quantitative estimate of drug-likeness (QED) is 0.284. The van der Waals surface area contributed by atoms with Crippen molar-refractivity contribution in [1.82, 2.24) is 15.3 Å². The Bertz CT molecular complexity index is 1060. The van der Waals surface area contributed by atoms with Crippen LogP contribution in [0.4, 0.5) is 5.69 Å². The SMILES string of the molecule is CCCCCNC(=O)c1ccc(-c2nc3ccc(NC(=O)C(CC)CCCC)cc3[nH]2)cc1. The van der Waals surface area contributed by atoms with Gasteiger partial charge in [-0.1, -0.05) is 58.6 Å². The molecule has 0 spiro atoms. The number of aromatic nitrogens is 2. The van der Waals surface area contributed by atoms with Crippen LogP contribution in [0.1, 0.15) is 76.1 Å². The molecule has 3 rings (SSSR count). The van der Waals surface area contributed by atoms with Gasteiger partial charge in [-0.05, 0) is 49.6 Å². The summed E-state index contributed by atoms with van der Waals surface area (Å²) in [6, 6.07) is 13.2. The molecule has 176 valence electrons. The topological polar surface area (TPSA) is 86.9 Å². The van der Waals surface area contributed by atoms with Gasteiger partial charge in [0.05, 0.1) is 11.0 Å². The van der Waals surface area contributed by atoms with Gasteiger partial charge >= 0.3 is 0 Å². The molecule has 3 N–H and O–H groups in total. The van der Waals surface area contributed by atoms with Crippen molar-refractivity contribution in [2.24, 2.45) is 5.92 Å². The summed E-state index contributed by atoms with van der Waals surface area (Å²) in [5.41, 5.74) is 4.02. The van der Waals surface area contributed by atoms with E-state index in [0.29, 0.717) is 12.1 Å². The van der Waals surface area contributed by atoms with Gasteiger partial charge in [-0.25, -0.2) is 4.98 Å². The van der Waals surface area contributed by atoms with Crippen LogP contribution < -0.4 is 10.6 Å². The highest BCUT2D eigenvalue weighted by molar-refractivity contribution is 5.95. The molecule has 2 aromatic carbocycles. The number of imidazole rings is 1. The minimum atomic E-state index is -0.0491. The summed E-state index contributed by atoms with van der Waals surface area (Å²) in [5, 5.41) is 6.02. The molecular weight excluding hydrogens is 412 g/mol. The Morgan fingerprint density at radius 1 is 0.970 bits per heavy atom. The molecular formula is C27H36N4O2. The normalized spacial score (nSPS) is 12.0. The number of carbonyl (C=O) groups excluding carboxylic acids is 2. The van der Waals surface area contributed by atoms with E-state index < -0.39 is 0 Å². The Labute approximate surface area is 196 Å². The lowest BCUT2D eigenvalue weighted by Gasteiger charge is -2.14. The summed E-state index contributed by atoms with van der Waals surface area (Å²) in [6.07, 6.45) is 7.17. The monoisotopic (exact) mass is 448 g/mol. The number of hydrogen-bond donors (Lipinski definition) is 3. The van der Waals surface area contributed by atoms with E-state index in [4.69, 9.17) is 0 Å². The van der Waals surface area contributed by atoms with Crippen LogP contribution in [-0.4, -0.2) is 28.3 Å². The van der Waals surface area contributed by atoms with Crippen LogP contribution in [0.3, 0.4) is 0 Å². The Kier molecular flexibility index (Phi) is 9.04. The second-order valence-corrected chi connectivity index (χ2v) is 8.59. The van der Waals surface area contributed by atoms with E-state index in [1.165, 1.54) is 0 Å². The molecule has 0 saturated heterocycles. The fraction of sp³-hybridized carbons (Fsp3) is 0.444. The van der Waals surface area contributed by atoms with Gasteiger partial charge in [0.1, 0.15) is 5.82 Å². The number of amides is 2. The molecule has 1 heterocycles. The molecule has 1 unspecified atom stereocenters. The number of carbonyl (C=O) groups is 2. The first kappa shape index (κ1) is 24.5. The predicted octanol–water partition coefficient (Wildman–Crippen LogP) is 6.30. The van der Waals surface area contributed by atoms with Crippen LogP contribution in [0.5, 0.6) is 0 Å². The van der Waals surface area contributed by atoms with Gasteiger partial charge in [0, 0.05) is 29.3 Å². The lowest BCUT2D eigenvalue weighted by atomic mass is 9.98. The molecule has 1 aromatic heterocycles. The number of rotatable bonds is 12. The third-order valence-electron chi connectivity index (χ3n) is 6.01. The highest BCUT2D eigenvalue weighted by Crippen LogP contribution is 2.24. The van der Waals surface area contributed by atoms with Crippen molar-refractivity contribution in [1.29, 1.82) is 0 Å². The van der Waals surface area contributed by atoms with E-state index in [2.05, 4.69) is 41.4 Å². The lowest BCUT2D eigenvalue weighted by Crippen LogP contribution is -2.24. The molecule has 0 bridgehead atoms. The van der Waals surface area contributed by atoms with Crippen LogP contribution in [0.2, 0.25) is 0 Å². The van der Waals surface area contributed by atoms with Crippen molar-refractivity contribution in [3.05, 3.63) is 48.0 Å². The summed E-state index contributed by atoms with van der Waals surface area (Å²) in [7, 11) is 0. The zero-order chi connectivity index (χ0) is 23.6. The van der Waals surface area contributed by atoms with E-state index in [1.54, 1.807) is 0 Å². The molecule has 0 aliphatic carbocycles. The molecule has 0 saturated carbocycles. The average Bonchev–Trinajstić information content (AvgIpc) is 3.26. The fourth-order valence-corrected chi connectivity index (χ4v) is 3.90. The summed E-state index contributed by atoms with van der Waals surface area (Å²) < 4.78 is 0. The van der Waals surface area contributed by atoms with Gasteiger partial charge in [0.2, 0.25) is 5.91 Å². The smallest absolute Gasteiger partial charge is 0.251 e. The average molecular weight is 449 g/mol. The van der Waals surface area contributed by atoms with Crippen molar-refractivity contribution in [3.8, 4) is 11.4 Å². The Morgan fingerprint density at radius 3 is 2.42 bits per heavy atom. The van der Waals surface area contributed by atoms with Gasteiger partial charge in [-0.3, -0.25) is 9.59 Å². The van der Waals surface area contributed by atoms with Crippen molar-refractivity contribution in [2.75, 3.05) is 11.9 Å². The van der Waals surface area contributed by atoms with E-state index in [1.807, 2.05) is 42.5 Å². The van der Waals surface area contributed by atoms with Crippen molar-refractivity contribution >= 4 is 28.5 Å². The second-order valence-electron chi connectivity index (χ2n) is 8.59. The maximum absolute atomic E-state index is 12.6. The number of anilines is 1. The number of hydrogen-bond acceptors (Lipinski definition) is 3. The second kappa shape index (κ2) is 12.2. The Balaban J connectivity index is 1.67. The number of nitrogens with one attached hydrogen (secondary N) is 3. The molecule has 1 atom stereocenters. The lowest BCUT2D eigenvalue weighted by molar-refractivity contribution is -0.120. The van der Waals surface area contributed by atoms with Crippen LogP contribution >= 0.6 is 0 Å². The number of fused-ring (bicyclic) bond motifs is 1. The van der Waals surface area contributed by atoms with Crippen LogP contribution in [0.15, 0.2) is 42.5 Å². The van der Waals surface area contributed by atoms with Crippen molar-refractivity contribution in [3.63, 3.8) is 0 Å². The first-order valence-corrected chi connectivity index (χ1v) is 12.2. The highest BCUT2D eigenvalue weighted by atomic mass is 16.2. The maximum Gasteiger partial charge on any atom is 0.251 e. The fourth-order valence-electron chi connectivity index (χ4n) is 3.90. The number of unbranched alkanes of at least 4 members (excludes halogenated alkanes) is 3. The molecule has 6 nitrogen and oxygen atoms in total. The van der Waals surface area contributed by atoms with Gasteiger partial charge in [0.15, 0.2) is 0 Å². The molecule has 0 radical (unpaired) electrons. The van der Waals surface area contributed by atoms with E-state index in [0.717, 1.165) is 73.1 Å². The number of nitrogens with zero attached hydrogens (tertiary/aromatic N) is 1. The molecule has 2 amide bonds.